The molecular weight excluding hydrogens is 234 g/mol. The number of hydrogen-bond donors (Lipinski definition) is 2. The SMILES string of the molecule is CC(NCc1cnc[nH]1)c1ccc2c(c1)CCCC2. The van der Waals surface area contributed by atoms with E-state index in [-0.39, 0.29) is 0 Å². The van der Waals surface area contributed by atoms with Gasteiger partial charge in [0.2, 0.25) is 0 Å². The van der Waals surface area contributed by atoms with Crippen LogP contribution in [-0.2, 0) is 19.4 Å². The first-order chi connectivity index (χ1) is 9.33. The van der Waals surface area contributed by atoms with Gasteiger partial charge in [-0.1, -0.05) is 18.2 Å². The lowest BCUT2D eigenvalue weighted by atomic mass is 9.89. The smallest absolute Gasteiger partial charge is 0.0922 e. The van der Waals surface area contributed by atoms with Crippen molar-refractivity contribution in [3.63, 3.8) is 0 Å². The van der Waals surface area contributed by atoms with E-state index in [1.54, 1.807) is 17.5 Å². The summed E-state index contributed by atoms with van der Waals surface area (Å²) in [5.41, 5.74) is 5.62. The molecule has 2 aromatic rings. The molecule has 1 aliphatic carbocycles. The third-order valence-corrected chi connectivity index (χ3v) is 4.03. The lowest BCUT2D eigenvalue weighted by Crippen LogP contribution is -2.18. The van der Waals surface area contributed by atoms with Crippen LogP contribution < -0.4 is 5.32 Å². The Morgan fingerprint density at radius 3 is 2.89 bits per heavy atom. The zero-order chi connectivity index (χ0) is 13.1. The lowest BCUT2D eigenvalue weighted by Gasteiger charge is -2.20. The highest BCUT2D eigenvalue weighted by Gasteiger charge is 2.12. The molecule has 1 aliphatic rings. The number of aryl methyl sites for hydroxylation is 2. The summed E-state index contributed by atoms with van der Waals surface area (Å²) < 4.78 is 0. The van der Waals surface area contributed by atoms with Crippen LogP contribution in [0.4, 0.5) is 0 Å². The maximum Gasteiger partial charge on any atom is 0.0922 e. The van der Waals surface area contributed by atoms with Crippen molar-refractivity contribution in [1.29, 1.82) is 0 Å². The number of aromatic nitrogens is 2. The van der Waals surface area contributed by atoms with E-state index in [1.807, 2.05) is 6.20 Å². The van der Waals surface area contributed by atoms with Crippen LogP contribution in [0.1, 0.15) is 48.2 Å². The van der Waals surface area contributed by atoms with Gasteiger partial charge in [0.15, 0.2) is 0 Å². The van der Waals surface area contributed by atoms with Gasteiger partial charge in [-0.25, -0.2) is 4.98 Å². The topological polar surface area (TPSA) is 40.7 Å². The monoisotopic (exact) mass is 255 g/mol. The van der Waals surface area contributed by atoms with Crippen LogP contribution in [0.25, 0.3) is 0 Å². The van der Waals surface area contributed by atoms with E-state index in [0.717, 1.165) is 12.2 Å². The molecule has 3 nitrogen and oxygen atoms in total. The third-order valence-electron chi connectivity index (χ3n) is 4.03. The van der Waals surface area contributed by atoms with E-state index in [2.05, 4.69) is 40.4 Å². The van der Waals surface area contributed by atoms with Crippen molar-refractivity contribution in [2.75, 3.05) is 0 Å². The Bertz CT molecular complexity index is 531. The van der Waals surface area contributed by atoms with Crippen molar-refractivity contribution in [3.05, 3.63) is 53.1 Å². The first kappa shape index (κ1) is 12.4. The molecule has 0 radical (unpaired) electrons. The molecule has 0 spiro atoms. The van der Waals surface area contributed by atoms with E-state index in [9.17, 15) is 0 Å². The second-order valence-corrected chi connectivity index (χ2v) is 5.41. The van der Waals surface area contributed by atoms with Crippen molar-refractivity contribution < 1.29 is 0 Å². The van der Waals surface area contributed by atoms with Crippen LogP contribution in [-0.4, -0.2) is 9.97 Å². The van der Waals surface area contributed by atoms with E-state index < -0.39 is 0 Å². The lowest BCUT2D eigenvalue weighted by molar-refractivity contribution is 0.567. The first-order valence-corrected chi connectivity index (χ1v) is 7.15. The minimum atomic E-state index is 0.371. The largest absolute Gasteiger partial charge is 0.347 e. The maximum atomic E-state index is 4.03. The maximum absolute atomic E-state index is 4.03. The zero-order valence-electron chi connectivity index (χ0n) is 11.4. The highest BCUT2D eigenvalue weighted by molar-refractivity contribution is 5.35. The summed E-state index contributed by atoms with van der Waals surface area (Å²) in [5, 5.41) is 3.54. The third kappa shape index (κ3) is 2.87. The fraction of sp³-hybridized carbons (Fsp3) is 0.438. The van der Waals surface area contributed by atoms with Crippen molar-refractivity contribution >= 4 is 0 Å². The van der Waals surface area contributed by atoms with Gasteiger partial charge in [0.05, 0.1) is 6.33 Å². The molecule has 0 saturated heterocycles. The van der Waals surface area contributed by atoms with Gasteiger partial charge in [-0.05, 0) is 49.3 Å². The molecule has 0 amide bonds. The fourth-order valence-electron chi connectivity index (χ4n) is 2.78. The molecule has 0 saturated carbocycles. The number of nitrogens with one attached hydrogen (secondary N) is 2. The molecule has 19 heavy (non-hydrogen) atoms. The number of H-pyrrole nitrogens is 1. The number of benzene rings is 1. The van der Waals surface area contributed by atoms with E-state index in [4.69, 9.17) is 0 Å². The summed E-state index contributed by atoms with van der Waals surface area (Å²) in [4.78, 5) is 7.16. The summed E-state index contributed by atoms with van der Waals surface area (Å²) in [6, 6.07) is 7.35. The molecule has 3 rings (SSSR count). The summed E-state index contributed by atoms with van der Waals surface area (Å²) in [7, 11) is 0. The average molecular weight is 255 g/mol. The number of imidazole rings is 1. The first-order valence-electron chi connectivity index (χ1n) is 7.15. The Hall–Kier alpha value is -1.61. The van der Waals surface area contributed by atoms with Gasteiger partial charge in [-0.15, -0.1) is 0 Å². The summed E-state index contributed by atoms with van der Waals surface area (Å²) in [5.74, 6) is 0. The molecule has 1 aromatic carbocycles. The van der Waals surface area contributed by atoms with Gasteiger partial charge in [0, 0.05) is 24.5 Å². The van der Waals surface area contributed by atoms with E-state index in [1.165, 1.54) is 31.2 Å². The Morgan fingerprint density at radius 1 is 1.26 bits per heavy atom. The van der Waals surface area contributed by atoms with Crippen molar-refractivity contribution in [2.45, 2.75) is 45.2 Å². The minimum absolute atomic E-state index is 0.371. The van der Waals surface area contributed by atoms with Crippen LogP contribution in [0.15, 0.2) is 30.7 Å². The van der Waals surface area contributed by atoms with Crippen LogP contribution in [0.5, 0.6) is 0 Å². The molecule has 1 aromatic heterocycles. The predicted octanol–water partition coefficient (Wildman–Crippen LogP) is 3.14. The summed E-state index contributed by atoms with van der Waals surface area (Å²) in [6.07, 6.45) is 8.78. The quantitative estimate of drug-likeness (QED) is 0.881. The van der Waals surface area contributed by atoms with Crippen LogP contribution in [0, 0.1) is 0 Å². The molecule has 3 heteroatoms. The molecule has 1 heterocycles. The van der Waals surface area contributed by atoms with Gasteiger partial charge in [-0.3, -0.25) is 0 Å². The molecule has 0 fully saturated rings. The van der Waals surface area contributed by atoms with E-state index in [0.29, 0.717) is 6.04 Å². The standard InChI is InChI=1S/C16H21N3/c1-12(18-10-16-9-17-11-19-16)14-7-6-13-4-2-3-5-15(13)8-14/h6-9,11-12,18H,2-5,10H2,1H3,(H,17,19). The number of rotatable bonds is 4. The Kier molecular flexibility index (Phi) is 3.65. The molecular formula is C16H21N3. The molecule has 2 N–H and O–H groups in total. The second-order valence-electron chi connectivity index (χ2n) is 5.41. The van der Waals surface area contributed by atoms with Gasteiger partial charge in [-0.2, -0.15) is 0 Å². The average Bonchev–Trinajstić information content (AvgIpc) is 2.97. The number of aromatic amines is 1. The Morgan fingerprint density at radius 2 is 2.11 bits per heavy atom. The Labute approximate surface area is 114 Å². The van der Waals surface area contributed by atoms with Gasteiger partial charge in [0.1, 0.15) is 0 Å². The predicted molar refractivity (Wildman–Crippen MR) is 76.9 cm³/mol. The number of nitrogens with zero attached hydrogens (tertiary/aromatic N) is 1. The van der Waals surface area contributed by atoms with Crippen molar-refractivity contribution in [1.82, 2.24) is 15.3 Å². The van der Waals surface area contributed by atoms with Crippen molar-refractivity contribution in [2.24, 2.45) is 0 Å². The number of fused-ring (bicyclic) bond motifs is 1. The minimum Gasteiger partial charge on any atom is -0.347 e. The van der Waals surface area contributed by atoms with Gasteiger partial charge < -0.3 is 10.3 Å². The van der Waals surface area contributed by atoms with Crippen molar-refractivity contribution in [3.8, 4) is 0 Å². The normalized spacial score (nSPS) is 16.1. The molecule has 0 bridgehead atoms. The highest BCUT2D eigenvalue weighted by Crippen LogP contribution is 2.24. The molecule has 1 atom stereocenters. The fourth-order valence-corrected chi connectivity index (χ4v) is 2.78. The summed E-state index contributed by atoms with van der Waals surface area (Å²) >= 11 is 0. The second kappa shape index (κ2) is 5.57. The number of hydrogen-bond acceptors (Lipinski definition) is 2. The van der Waals surface area contributed by atoms with Crippen LogP contribution >= 0.6 is 0 Å². The van der Waals surface area contributed by atoms with Gasteiger partial charge in [0.25, 0.3) is 0 Å². The molecule has 0 aliphatic heterocycles. The highest BCUT2D eigenvalue weighted by atomic mass is 15.0. The van der Waals surface area contributed by atoms with Gasteiger partial charge >= 0.3 is 0 Å². The Balaban J connectivity index is 1.67. The van der Waals surface area contributed by atoms with Crippen LogP contribution in [0.2, 0.25) is 0 Å². The van der Waals surface area contributed by atoms with E-state index >= 15 is 0 Å². The zero-order valence-corrected chi connectivity index (χ0v) is 11.4. The van der Waals surface area contributed by atoms with Crippen LogP contribution in [0.3, 0.4) is 0 Å². The summed E-state index contributed by atoms with van der Waals surface area (Å²) in [6.45, 7) is 3.05. The molecule has 100 valence electrons. The molecule has 1 unspecified atom stereocenters.